The van der Waals surface area contributed by atoms with E-state index in [1.165, 1.54) is 22.6 Å². The third kappa shape index (κ3) is 2.34. The number of fused-ring (bicyclic) bond motifs is 1. The summed E-state index contributed by atoms with van der Waals surface area (Å²) in [6.07, 6.45) is 0. The minimum Gasteiger partial charge on any atom is -0.478 e. The van der Waals surface area contributed by atoms with Crippen LogP contribution in [0.3, 0.4) is 0 Å². The second kappa shape index (κ2) is 4.75. The normalized spacial score (nSPS) is 10.7. The smallest absolute Gasteiger partial charge is 0.349 e. The van der Waals surface area contributed by atoms with E-state index in [-0.39, 0.29) is 17.1 Å². The van der Waals surface area contributed by atoms with Gasteiger partial charge in [0.15, 0.2) is 5.65 Å². The average molecular weight is 286 g/mol. The van der Waals surface area contributed by atoms with Gasteiger partial charge in [-0.25, -0.2) is 19.1 Å². The second-order valence-corrected chi connectivity index (χ2v) is 4.30. The third-order valence-corrected chi connectivity index (χ3v) is 2.85. The molecule has 8 nitrogen and oxygen atoms in total. The molecule has 0 aliphatic carbocycles. The topological polar surface area (TPSA) is 110 Å². The molecule has 0 fully saturated rings. The summed E-state index contributed by atoms with van der Waals surface area (Å²) in [6, 6.07) is 7.52. The summed E-state index contributed by atoms with van der Waals surface area (Å²) >= 11 is 0. The minimum absolute atomic E-state index is 0.112. The van der Waals surface area contributed by atoms with Crippen LogP contribution in [0.5, 0.6) is 11.6 Å². The molecule has 3 aromatic rings. The van der Waals surface area contributed by atoms with Crippen LogP contribution in [-0.2, 0) is 0 Å². The van der Waals surface area contributed by atoms with Crippen molar-refractivity contribution in [3.8, 4) is 11.6 Å². The molecule has 2 N–H and O–H groups in total. The molecule has 2 aromatic heterocycles. The Morgan fingerprint density at radius 1 is 1.38 bits per heavy atom. The van der Waals surface area contributed by atoms with Crippen LogP contribution in [0.15, 0.2) is 35.1 Å². The third-order valence-electron chi connectivity index (χ3n) is 2.85. The predicted molar refractivity (Wildman–Crippen MR) is 71.8 cm³/mol. The van der Waals surface area contributed by atoms with Crippen molar-refractivity contribution in [2.75, 3.05) is 0 Å². The van der Waals surface area contributed by atoms with E-state index in [1.807, 2.05) is 0 Å². The molecule has 0 bridgehead atoms. The van der Waals surface area contributed by atoms with E-state index in [2.05, 4.69) is 15.2 Å². The Morgan fingerprint density at radius 3 is 2.95 bits per heavy atom. The van der Waals surface area contributed by atoms with Crippen LogP contribution in [0.2, 0.25) is 0 Å². The molecule has 0 unspecified atom stereocenters. The Bertz CT molecular complexity index is 897. The number of ether oxygens (including phenoxy) is 1. The fourth-order valence-corrected chi connectivity index (χ4v) is 1.94. The molecule has 0 spiro atoms. The quantitative estimate of drug-likeness (QED) is 0.749. The van der Waals surface area contributed by atoms with Crippen LogP contribution in [0.4, 0.5) is 0 Å². The predicted octanol–water partition coefficient (Wildman–Crippen LogP) is 1.22. The van der Waals surface area contributed by atoms with E-state index in [4.69, 9.17) is 9.84 Å². The molecule has 2 heterocycles. The number of H-pyrrole nitrogens is 1. The van der Waals surface area contributed by atoms with Gasteiger partial charge in [0.25, 0.3) is 0 Å². The zero-order valence-electron chi connectivity index (χ0n) is 10.9. The summed E-state index contributed by atoms with van der Waals surface area (Å²) < 4.78 is 6.83. The van der Waals surface area contributed by atoms with E-state index in [0.717, 1.165) is 0 Å². The number of nitrogens with one attached hydrogen (secondary N) is 1. The first-order valence-electron chi connectivity index (χ1n) is 6.00. The number of rotatable bonds is 3. The van der Waals surface area contributed by atoms with Gasteiger partial charge in [0, 0.05) is 6.07 Å². The zero-order valence-corrected chi connectivity index (χ0v) is 10.9. The fraction of sp³-hybridized carbons (Fsp3) is 0.0769. The molecule has 0 saturated heterocycles. The van der Waals surface area contributed by atoms with Crippen molar-refractivity contribution in [1.82, 2.24) is 19.6 Å². The number of aryl methyl sites for hydroxylation is 1. The number of aromatic carboxylic acids is 1. The maximum atomic E-state index is 11.5. The van der Waals surface area contributed by atoms with Gasteiger partial charge in [-0.1, -0.05) is 6.07 Å². The number of aromatic amines is 1. The SMILES string of the molecule is Cc1nc(Oc2cccc(C(=O)O)c2)cc2n[nH]c(=O)n12. The standard InChI is InChI=1S/C13H10N4O4/c1-7-14-11(6-10-15-16-13(20)17(7)10)21-9-4-2-3-8(5-9)12(18)19/h2-6H,1H3,(H,16,20)(H,18,19). The van der Waals surface area contributed by atoms with Gasteiger partial charge < -0.3 is 9.84 Å². The van der Waals surface area contributed by atoms with Gasteiger partial charge in [0.2, 0.25) is 5.88 Å². The lowest BCUT2D eigenvalue weighted by Gasteiger charge is -2.06. The number of benzene rings is 1. The summed E-state index contributed by atoms with van der Waals surface area (Å²) in [6.45, 7) is 1.64. The lowest BCUT2D eigenvalue weighted by atomic mass is 10.2. The monoisotopic (exact) mass is 286 g/mol. The highest BCUT2D eigenvalue weighted by Gasteiger charge is 2.09. The summed E-state index contributed by atoms with van der Waals surface area (Å²) in [5.74, 6) is -0.0693. The van der Waals surface area contributed by atoms with Gasteiger partial charge >= 0.3 is 11.7 Å². The second-order valence-electron chi connectivity index (χ2n) is 4.30. The zero-order chi connectivity index (χ0) is 15.0. The Labute approximate surface area is 117 Å². The summed E-state index contributed by atoms with van der Waals surface area (Å²) in [4.78, 5) is 26.5. The lowest BCUT2D eigenvalue weighted by Crippen LogP contribution is -2.13. The van der Waals surface area contributed by atoms with Crippen LogP contribution in [0, 0.1) is 6.92 Å². The highest BCUT2D eigenvalue weighted by molar-refractivity contribution is 5.88. The van der Waals surface area contributed by atoms with Crippen molar-refractivity contribution in [2.24, 2.45) is 0 Å². The van der Waals surface area contributed by atoms with Crippen LogP contribution in [0.1, 0.15) is 16.2 Å². The minimum atomic E-state index is -1.04. The van der Waals surface area contributed by atoms with Crippen molar-refractivity contribution in [3.05, 3.63) is 52.2 Å². The van der Waals surface area contributed by atoms with Crippen molar-refractivity contribution in [1.29, 1.82) is 0 Å². The van der Waals surface area contributed by atoms with Gasteiger partial charge in [-0.2, -0.15) is 10.1 Å². The Morgan fingerprint density at radius 2 is 2.19 bits per heavy atom. The summed E-state index contributed by atoms with van der Waals surface area (Å²) in [5, 5.41) is 15.1. The number of carbonyl (C=O) groups is 1. The van der Waals surface area contributed by atoms with Crippen LogP contribution in [0.25, 0.3) is 5.65 Å². The van der Waals surface area contributed by atoms with E-state index < -0.39 is 5.97 Å². The van der Waals surface area contributed by atoms with E-state index in [9.17, 15) is 9.59 Å². The number of aromatic nitrogens is 4. The van der Waals surface area contributed by atoms with Crippen LogP contribution < -0.4 is 10.4 Å². The van der Waals surface area contributed by atoms with Crippen LogP contribution in [-0.4, -0.2) is 30.7 Å². The molecule has 1 aromatic carbocycles. The van der Waals surface area contributed by atoms with Crippen molar-refractivity contribution in [2.45, 2.75) is 6.92 Å². The van der Waals surface area contributed by atoms with Crippen molar-refractivity contribution >= 4 is 11.6 Å². The summed E-state index contributed by atoms with van der Waals surface area (Å²) in [5.41, 5.74) is 0.104. The summed E-state index contributed by atoms with van der Waals surface area (Å²) in [7, 11) is 0. The number of nitrogens with zero attached hydrogens (tertiary/aromatic N) is 3. The Hall–Kier alpha value is -3.16. The molecule has 0 atom stereocenters. The molecule has 106 valence electrons. The lowest BCUT2D eigenvalue weighted by molar-refractivity contribution is 0.0696. The van der Waals surface area contributed by atoms with Gasteiger partial charge in [0.05, 0.1) is 5.56 Å². The Balaban J connectivity index is 2.00. The molecule has 3 rings (SSSR count). The van der Waals surface area contributed by atoms with Crippen molar-refractivity contribution < 1.29 is 14.6 Å². The first-order chi connectivity index (χ1) is 10.0. The first-order valence-corrected chi connectivity index (χ1v) is 6.00. The first kappa shape index (κ1) is 12.9. The van der Waals surface area contributed by atoms with E-state index >= 15 is 0 Å². The number of carboxylic acid groups (broad SMARTS) is 1. The Kier molecular flexibility index (Phi) is 2.90. The molecular weight excluding hydrogens is 276 g/mol. The van der Waals surface area contributed by atoms with E-state index in [1.54, 1.807) is 19.1 Å². The number of hydrogen-bond donors (Lipinski definition) is 2. The van der Waals surface area contributed by atoms with Gasteiger partial charge in [-0.15, -0.1) is 0 Å². The largest absolute Gasteiger partial charge is 0.478 e. The van der Waals surface area contributed by atoms with Gasteiger partial charge in [0.1, 0.15) is 11.6 Å². The molecule has 0 aliphatic rings. The van der Waals surface area contributed by atoms with E-state index in [0.29, 0.717) is 17.2 Å². The van der Waals surface area contributed by atoms with Gasteiger partial charge in [-0.3, -0.25) is 0 Å². The highest BCUT2D eigenvalue weighted by Crippen LogP contribution is 2.21. The van der Waals surface area contributed by atoms with Crippen LogP contribution >= 0.6 is 0 Å². The van der Waals surface area contributed by atoms with Gasteiger partial charge in [-0.05, 0) is 25.1 Å². The molecule has 0 aliphatic heterocycles. The molecule has 21 heavy (non-hydrogen) atoms. The maximum Gasteiger partial charge on any atom is 0.349 e. The maximum absolute atomic E-state index is 11.5. The van der Waals surface area contributed by atoms with Crippen molar-refractivity contribution in [3.63, 3.8) is 0 Å². The molecule has 0 radical (unpaired) electrons. The average Bonchev–Trinajstić information content (AvgIpc) is 2.81. The molecule has 8 heteroatoms. The molecular formula is C13H10N4O4. The highest BCUT2D eigenvalue weighted by atomic mass is 16.5. The fourth-order valence-electron chi connectivity index (χ4n) is 1.94. The number of hydrogen-bond acceptors (Lipinski definition) is 5. The molecule has 0 saturated carbocycles. The number of carboxylic acids is 1. The molecule has 0 amide bonds.